The fraction of sp³-hybridized carbons (Fsp3) is 0.261. The van der Waals surface area contributed by atoms with Crippen molar-refractivity contribution in [1.82, 2.24) is 24.2 Å². The zero-order chi connectivity index (χ0) is 24.1. The van der Waals surface area contributed by atoms with Crippen LogP contribution in [0.15, 0.2) is 80.4 Å². The first-order valence-electron chi connectivity index (χ1n) is 10.7. The second-order valence-corrected chi connectivity index (χ2v) is 10.2. The molecule has 1 aromatic carbocycles. The molecule has 0 N–H and O–H groups in total. The van der Waals surface area contributed by atoms with Crippen molar-refractivity contribution < 1.29 is 17.4 Å². The van der Waals surface area contributed by atoms with Gasteiger partial charge < -0.3 is 8.94 Å². The molecular formula is C23H25N5O4S2. The molecule has 4 aromatic rings. The van der Waals surface area contributed by atoms with Crippen molar-refractivity contribution >= 4 is 21.8 Å². The van der Waals surface area contributed by atoms with E-state index in [0.717, 1.165) is 5.69 Å². The summed E-state index contributed by atoms with van der Waals surface area (Å²) in [5.41, 5.74) is 1.40. The van der Waals surface area contributed by atoms with Crippen LogP contribution < -0.4 is 0 Å². The lowest BCUT2D eigenvalue weighted by Gasteiger charge is -2.18. The molecule has 0 aliphatic heterocycles. The summed E-state index contributed by atoms with van der Waals surface area (Å²) in [5, 5.41) is 13.4. The zero-order valence-corrected chi connectivity index (χ0v) is 20.6. The first-order chi connectivity index (χ1) is 16.5. The Morgan fingerprint density at radius 2 is 1.94 bits per heavy atom. The maximum Gasteiger partial charge on any atom is 0.243 e. The predicted molar refractivity (Wildman–Crippen MR) is 130 cm³/mol. The summed E-state index contributed by atoms with van der Waals surface area (Å²) in [4.78, 5) is 0.226. The fourth-order valence-electron chi connectivity index (χ4n) is 3.46. The maximum absolute atomic E-state index is 13.0. The molecule has 0 aliphatic rings. The average molecular weight is 500 g/mol. The van der Waals surface area contributed by atoms with Crippen LogP contribution in [0.5, 0.6) is 0 Å². The monoisotopic (exact) mass is 499 g/mol. The molecule has 0 unspecified atom stereocenters. The summed E-state index contributed by atoms with van der Waals surface area (Å²) in [7, 11) is -3.59. The van der Waals surface area contributed by atoms with Crippen molar-refractivity contribution in [3.05, 3.63) is 67.1 Å². The minimum absolute atomic E-state index is 0.226. The highest BCUT2D eigenvalue weighted by atomic mass is 32.2. The van der Waals surface area contributed by atoms with E-state index in [1.165, 1.54) is 16.1 Å². The first kappa shape index (κ1) is 24.0. The number of nitrogens with zero attached hydrogens (tertiary/aromatic N) is 5. The van der Waals surface area contributed by atoms with Crippen LogP contribution in [0.4, 0.5) is 0 Å². The van der Waals surface area contributed by atoms with Crippen LogP contribution in [0.3, 0.4) is 0 Å². The Morgan fingerprint density at radius 3 is 2.65 bits per heavy atom. The van der Waals surface area contributed by atoms with Gasteiger partial charge in [-0.1, -0.05) is 49.0 Å². The van der Waals surface area contributed by atoms with Gasteiger partial charge in [0, 0.05) is 37.0 Å². The van der Waals surface area contributed by atoms with Crippen molar-refractivity contribution in [2.45, 2.75) is 36.2 Å². The van der Waals surface area contributed by atoms with Gasteiger partial charge in [-0.15, -0.1) is 16.8 Å². The van der Waals surface area contributed by atoms with Crippen molar-refractivity contribution in [3.63, 3.8) is 0 Å². The summed E-state index contributed by atoms with van der Waals surface area (Å²) in [6, 6.07) is 12.2. The molecule has 0 atom stereocenters. The minimum atomic E-state index is -3.59. The summed E-state index contributed by atoms with van der Waals surface area (Å²) in [6.45, 7) is 8.75. The third-order valence-electron chi connectivity index (χ3n) is 5.14. The lowest BCUT2D eigenvalue weighted by molar-refractivity contribution is 0.413. The molecule has 9 nitrogen and oxygen atoms in total. The third kappa shape index (κ3) is 4.86. The van der Waals surface area contributed by atoms with Crippen LogP contribution in [-0.2, 0) is 22.3 Å². The van der Waals surface area contributed by atoms with Crippen LogP contribution in [0.25, 0.3) is 22.9 Å². The van der Waals surface area contributed by atoms with Crippen LogP contribution in [0.2, 0.25) is 0 Å². The molecule has 0 radical (unpaired) electrons. The Kier molecular flexibility index (Phi) is 7.35. The van der Waals surface area contributed by atoms with Gasteiger partial charge in [0.05, 0.1) is 16.9 Å². The highest BCUT2D eigenvalue weighted by Crippen LogP contribution is 2.29. The molecule has 11 heteroatoms. The molecule has 0 spiro atoms. The minimum Gasteiger partial charge on any atom is -0.461 e. The van der Waals surface area contributed by atoms with E-state index in [0.29, 0.717) is 53.5 Å². The smallest absolute Gasteiger partial charge is 0.243 e. The van der Waals surface area contributed by atoms with E-state index < -0.39 is 10.0 Å². The van der Waals surface area contributed by atoms with Gasteiger partial charge in [-0.3, -0.25) is 4.57 Å². The second kappa shape index (κ2) is 10.4. The number of hydrogen-bond acceptors (Lipinski definition) is 8. The molecule has 0 amide bonds. The molecule has 0 bridgehead atoms. The fourth-order valence-corrected chi connectivity index (χ4v) is 5.80. The predicted octanol–water partition coefficient (Wildman–Crippen LogP) is 4.70. The SMILES string of the molecule is C=CCn1c(SCc2cc(-c3ccco3)on2)nnc1-c1cccc(S(=O)(=O)N(CC)CC)c1. The molecular weight excluding hydrogens is 474 g/mol. The van der Waals surface area contributed by atoms with Gasteiger partial charge in [-0.25, -0.2) is 8.42 Å². The van der Waals surface area contributed by atoms with Gasteiger partial charge in [0.25, 0.3) is 0 Å². The Labute approximate surface area is 202 Å². The molecule has 0 saturated heterocycles. The quantitative estimate of drug-likeness (QED) is 0.216. The number of thioether (sulfide) groups is 1. The van der Waals surface area contributed by atoms with Gasteiger partial charge in [0.2, 0.25) is 15.8 Å². The van der Waals surface area contributed by atoms with E-state index in [4.69, 9.17) is 8.94 Å². The normalized spacial score (nSPS) is 11.9. The van der Waals surface area contributed by atoms with E-state index in [9.17, 15) is 8.42 Å². The number of furan rings is 1. The number of hydrogen-bond donors (Lipinski definition) is 0. The topological polar surface area (TPSA) is 107 Å². The molecule has 0 saturated carbocycles. The maximum atomic E-state index is 13.0. The largest absolute Gasteiger partial charge is 0.461 e. The molecule has 3 aromatic heterocycles. The number of rotatable bonds is 11. The molecule has 178 valence electrons. The number of sulfonamides is 1. The van der Waals surface area contributed by atoms with Gasteiger partial charge in [-0.05, 0) is 24.3 Å². The van der Waals surface area contributed by atoms with Crippen LogP contribution in [-0.4, -0.2) is 45.7 Å². The Morgan fingerprint density at radius 1 is 1.12 bits per heavy atom. The molecule has 4 rings (SSSR count). The molecule has 3 heterocycles. The highest BCUT2D eigenvalue weighted by Gasteiger charge is 2.23. The van der Waals surface area contributed by atoms with Crippen LogP contribution in [0.1, 0.15) is 19.5 Å². The van der Waals surface area contributed by atoms with E-state index in [1.54, 1.807) is 42.7 Å². The number of benzene rings is 1. The van der Waals surface area contributed by atoms with E-state index in [2.05, 4.69) is 21.9 Å². The van der Waals surface area contributed by atoms with Crippen molar-refractivity contribution in [1.29, 1.82) is 0 Å². The third-order valence-corrected chi connectivity index (χ3v) is 8.18. The zero-order valence-electron chi connectivity index (χ0n) is 18.9. The van der Waals surface area contributed by atoms with Gasteiger partial charge in [-0.2, -0.15) is 4.31 Å². The van der Waals surface area contributed by atoms with Crippen molar-refractivity contribution in [3.8, 4) is 22.9 Å². The van der Waals surface area contributed by atoms with E-state index in [-0.39, 0.29) is 4.90 Å². The Balaban J connectivity index is 1.59. The molecule has 0 aliphatic carbocycles. The second-order valence-electron chi connectivity index (χ2n) is 7.27. The summed E-state index contributed by atoms with van der Waals surface area (Å²) in [6.07, 6.45) is 3.33. The van der Waals surface area contributed by atoms with Crippen molar-refractivity contribution in [2.24, 2.45) is 0 Å². The average Bonchev–Trinajstić information content (AvgIpc) is 3.60. The van der Waals surface area contributed by atoms with Crippen molar-refractivity contribution in [2.75, 3.05) is 13.1 Å². The van der Waals surface area contributed by atoms with E-state index in [1.807, 2.05) is 30.5 Å². The number of aromatic nitrogens is 4. The Hall–Kier alpha value is -3.15. The lowest BCUT2D eigenvalue weighted by atomic mass is 10.2. The highest BCUT2D eigenvalue weighted by molar-refractivity contribution is 7.98. The van der Waals surface area contributed by atoms with Crippen LogP contribution in [0, 0.1) is 0 Å². The summed E-state index contributed by atoms with van der Waals surface area (Å²) in [5.74, 6) is 2.24. The number of allylic oxidation sites excluding steroid dienone is 1. The van der Waals surface area contributed by atoms with E-state index >= 15 is 0 Å². The standard InChI is InChI=1S/C23H25N5O4S2/c1-4-12-28-22(17-9-7-10-19(14-17)34(29,30)27(5-2)6-3)24-25-23(28)33-16-18-15-21(32-26-18)20-11-8-13-31-20/h4,7-11,13-15H,1,5-6,12,16H2,2-3H3. The van der Waals surface area contributed by atoms with Gasteiger partial charge in [0.15, 0.2) is 16.7 Å². The van der Waals surface area contributed by atoms with Crippen LogP contribution >= 0.6 is 11.8 Å². The molecule has 34 heavy (non-hydrogen) atoms. The summed E-state index contributed by atoms with van der Waals surface area (Å²) >= 11 is 1.45. The lowest BCUT2D eigenvalue weighted by Crippen LogP contribution is -2.30. The van der Waals surface area contributed by atoms with Gasteiger partial charge >= 0.3 is 0 Å². The summed E-state index contributed by atoms with van der Waals surface area (Å²) < 4.78 is 40.0. The van der Waals surface area contributed by atoms with Gasteiger partial charge in [0.1, 0.15) is 0 Å². The molecule has 0 fully saturated rings. The first-order valence-corrected chi connectivity index (χ1v) is 13.2. The Bertz CT molecular complexity index is 1360.